The first-order valence-electron chi connectivity index (χ1n) is 10.5. The highest BCUT2D eigenvalue weighted by Crippen LogP contribution is 2.26. The van der Waals surface area contributed by atoms with Crippen LogP contribution in [0.25, 0.3) is 10.9 Å². The zero-order valence-electron chi connectivity index (χ0n) is 19.0. The summed E-state index contributed by atoms with van der Waals surface area (Å²) in [5, 5.41) is 15.9. The Labute approximate surface area is 192 Å². The fourth-order valence-electron chi connectivity index (χ4n) is 3.89. The minimum atomic E-state index is -0.262. The molecule has 8 heteroatoms. The van der Waals surface area contributed by atoms with Crippen molar-refractivity contribution in [2.75, 3.05) is 7.05 Å². The van der Waals surface area contributed by atoms with Gasteiger partial charge in [0.2, 0.25) is 0 Å². The van der Waals surface area contributed by atoms with Gasteiger partial charge in [-0.15, -0.1) is 0 Å². The third-order valence-corrected chi connectivity index (χ3v) is 5.37. The molecule has 0 spiro atoms. The van der Waals surface area contributed by atoms with E-state index in [9.17, 15) is 9.59 Å². The number of amides is 1. The molecule has 2 aromatic heterocycles. The normalized spacial score (nSPS) is 10.4. The number of fused-ring (bicyclic) bond motifs is 1. The van der Waals surface area contributed by atoms with Crippen molar-refractivity contribution in [3.8, 4) is 0 Å². The molecular formula is C25H28N6O2. The third kappa shape index (κ3) is 5.07. The fraction of sp³-hybridized carbons (Fsp3) is 0.200. The van der Waals surface area contributed by atoms with Gasteiger partial charge < -0.3 is 21.0 Å². The summed E-state index contributed by atoms with van der Waals surface area (Å²) < 4.78 is 3.59. The molecule has 4 aromatic rings. The van der Waals surface area contributed by atoms with Crippen LogP contribution >= 0.6 is 0 Å². The average molecular weight is 445 g/mol. The Hall–Kier alpha value is -4.04. The molecule has 2 heterocycles. The molecule has 1 amide bonds. The van der Waals surface area contributed by atoms with E-state index in [0.29, 0.717) is 23.4 Å². The summed E-state index contributed by atoms with van der Waals surface area (Å²) in [5.74, 6) is -0.262. The Morgan fingerprint density at radius 2 is 1.91 bits per heavy atom. The molecule has 0 aliphatic heterocycles. The molecule has 0 fully saturated rings. The van der Waals surface area contributed by atoms with Crippen molar-refractivity contribution < 1.29 is 9.59 Å². The van der Waals surface area contributed by atoms with Crippen LogP contribution in [0.2, 0.25) is 0 Å². The molecule has 170 valence electrons. The van der Waals surface area contributed by atoms with Crippen molar-refractivity contribution in [2.45, 2.75) is 13.0 Å². The van der Waals surface area contributed by atoms with Crippen LogP contribution in [-0.2, 0) is 27.1 Å². The van der Waals surface area contributed by atoms with Gasteiger partial charge in [-0.05, 0) is 41.9 Å². The number of aryl methyl sites for hydroxylation is 2. The molecule has 33 heavy (non-hydrogen) atoms. The number of hydrogen-bond donors (Lipinski definition) is 3. The zero-order valence-corrected chi connectivity index (χ0v) is 19.0. The number of aromatic nitrogens is 3. The molecule has 8 nitrogen and oxygen atoms in total. The lowest BCUT2D eigenvalue weighted by molar-refractivity contribution is 0.0943. The van der Waals surface area contributed by atoms with Gasteiger partial charge in [0.25, 0.3) is 5.91 Å². The molecule has 0 aliphatic rings. The number of aldehydes is 1. The molecule has 0 radical (unpaired) electrons. The van der Waals surface area contributed by atoms with E-state index in [1.165, 1.54) is 13.3 Å². The number of hydrogen-bond acceptors (Lipinski definition) is 5. The predicted octanol–water partition coefficient (Wildman–Crippen LogP) is 2.82. The van der Waals surface area contributed by atoms with Crippen LogP contribution in [0.5, 0.6) is 0 Å². The highest BCUT2D eigenvalue weighted by molar-refractivity contribution is 6.10. The summed E-state index contributed by atoms with van der Waals surface area (Å²) in [6, 6.07) is 13.2. The number of rotatable bonds is 7. The zero-order chi connectivity index (χ0) is 24.0. The van der Waals surface area contributed by atoms with Gasteiger partial charge in [-0.1, -0.05) is 24.3 Å². The van der Waals surface area contributed by atoms with Crippen LogP contribution in [0, 0.1) is 5.41 Å². The Morgan fingerprint density at radius 3 is 2.58 bits per heavy atom. The molecule has 4 N–H and O–H groups in total. The molecule has 0 saturated carbocycles. The number of carbonyl (C=O) groups excluding carboxylic acids is 2. The van der Waals surface area contributed by atoms with E-state index in [0.717, 1.165) is 40.3 Å². The fourth-order valence-corrected chi connectivity index (χ4v) is 3.89. The van der Waals surface area contributed by atoms with E-state index in [1.54, 1.807) is 22.9 Å². The molecule has 0 bridgehead atoms. The Morgan fingerprint density at radius 1 is 1.12 bits per heavy atom. The van der Waals surface area contributed by atoms with Crippen LogP contribution < -0.4 is 11.1 Å². The van der Waals surface area contributed by atoms with Crippen molar-refractivity contribution in [1.82, 2.24) is 19.7 Å². The van der Waals surface area contributed by atoms with Crippen LogP contribution in [0.15, 0.2) is 54.9 Å². The van der Waals surface area contributed by atoms with Crippen LogP contribution in [0.3, 0.4) is 0 Å². The summed E-state index contributed by atoms with van der Waals surface area (Å²) in [6.07, 6.45) is 6.56. The minimum Gasteiger partial charge on any atom is -0.347 e. The number of benzene rings is 2. The maximum absolute atomic E-state index is 13.0. The van der Waals surface area contributed by atoms with Crippen molar-refractivity contribution in [3.05, 3.63) is 88.4 Å². The molecule has 0 aliphatic carbocycles. The second-order valence-electron chi connectivity index (χ2n) is 7.56. The van der Waals surface area contributed by atoms with Crippen molar-refractivity contribution in [3.63, 3.8) is 0 Å². The minimum absolute atomic E-state index is 0.262. The topological polar surface area (TPSA) is 119 Å². The first-order chi connectivity index (χ1) is 16.0. The van der Waals surface area contributed by atoms with Crippen LogP contribution in [-0.4, -0.2) is 39.8 Å². The van der Waals surface area contributed by atoms with Crippen LogP contribution in [0.4, 0.5) is 0 Å². The maximum Gasteiger partial charge on any atom is 0.268 e. The average Bonchev–Trinajstić information content (AvgIpc) is 3.38. The second kappa shape index (κ2) is 10.5. The largest absolute Gasteiger partial charge is 0.347 e. The van der Waals surface area contributed by atoms with E-state index in [-0.39, 0.29) is 5.91 Å². The Balaban J connectivity index is 0.00000149. The first kappa shape index (κ1) is 23.6. The number of nitrogens with one attached hydrogen (secondary N) is 2. The Bertz CT molecular complexity index is 1300. The predicted molar refractivity (Wildman–Crippen MR) is 130 cm³/mol. The van der Waals surface area contributed by atoms with E-state index < -0.39 is 0 Å². The van der Waals surface area contributed by atoms with Gasteiger partial charge in [0.1, 0.15) is 12.0 Å². The van der Waals surface area contributed by atoms with Gasteiger partial charge in [0.05, 0.1) is 6.20 Å². The molecule has 0 unspecified atom stereocenters. The SMILES string of the molecule is CN.Cn1cc(Cc2ccc3c(c2)c(C=N)c(C(=O)NCc2cccc(C=O)c2)n3C)cn1. The molecular weight excluding hydrogens is 416 g/mol. The van der Waals surface area contributed by atoms with E-state index in [2.05, 4.69) is 16.1 Å². The first-order valence-corrected chi connectivity index (χ1v) is 10.5. The highest BCUT2D eigenvalue weighted by atomic mass is 16.2. The number of nitrogens with two attached hydrogens (primary N) is 1. The summed E-state index contributed by atoms with van der Waals surface area (Å²) >= 11 is 0. The van der Waals surface area contributed by atoms with E-state index >= 15 is 0 Å². The molecule has 0 atom stereocenters. The Kier molecular flexibility index (Phi) is 7.53. The standard InChI is InChI=1S/C24H23N5O2.CH5N/c1-28-14-19(13-27-28)8-16-6-7-22-20(10-16)21(11-25)23(29(22)2)24(31)26-12-17-4-3-5-18(9-17)15-30;1-2/h3-7,9-11,13-15,25H,8,12H2,1-2H3,(H,26,31);2H2,1H3. The summed E-state index contributed by atoms with van der Waals surface area (Å²) in [6.45, 7) is 0.297. The molecule has 0 saturated heterocycles. The summed E-state index contributed by atoms with van der Waals surface area (Å²) in [4.78, 5) is 24.0. The number of carbonyl (C=O) groups is 2. The van der Waals surface area contributed by atoms with Crippen LogP contribution in [0.1, 0.15) is 43.1 Å². The highest BCUT2D eigenvalue weighted by Gasteiger charge is 2.20. The quantitative estimate of drug-likeness (QED) is 0.300. The molecule has 2 aromatic carbocycles. The van der Waals surface area contributed by atoms with Gasteiger partial charge in [0, 0.05) is 61.5 Å². The van der Waals surface area contributed by atoms with Crippen molar-refractivity contribution in [1.29, 1.82) is 5.41 Å². The lowest BCUT2D eigenvalue weighted by atomic mass is 10.0. The number of nitrogens with zero attached hydrogens (tertiary/aromatic N) is 3. The van der Waals surface area contributed by atoms with Gasteiger partial charge in [0.15, 0.2) is 0 Å². The lowest BCUT2D eigenvalue weighted by Gasteiger charge is -2.08. The van der Waals surface area contributed by atoms with Gasteiger partial charge >= 0.3 is 0 Å². The van der Waals surface area contributed by atoms with Gasteiger partial charge in [-0.3, -0.25) is 14.3 Å². The molecule has 4 rings (SSSR count). The van der Waals surface area contributed by atoms with Gasteiger partial charge in [-0.25, -0.2) is 0 Å². The van der Waals surface area contributed by atoms with E-state index in [4.69, 9.17) is 5.41 Å². The van der Waals surface area contributed by atoms with Gasteiger partial charge in [-0.2, -0.15) is 5.10 Å². The van der Waals surface area contributed by atoms with Crippen molar-refractivity contribution in [2.24, 2.45) is 19.8 Å². The third-order valence-electron chi connectivity index (χ3n) is 5.37. The summed E-state index contributed by atoms with van der Waals surface area (Å²) in [5.41, 5.74) is 10.0. The maximum atomic E-state index is 13.0. The van der Waals surface area contributed by atoms with Crippen molar-refractivity contribution >= 4 is 29.3 Å². The summed E-state index contributed by atoms with van der Waals surface area (Å²) in [7, 11) is 5.22. The monoisotopic (exact) mass is 444 g/mol. The second-order valence-corrected chi connectivity index (χ2v) is 7.56. The van der Waals surface area contributed by atoms with E-state index in [1.807, 2.05) is 55.3 Å². The lowest BCUT2D eigenvalue weighted by Crippen LogP contribution is -2.26. The smallest absolute Gasteiger partial charge is 0.268 e.